The first-order valence-electron chi connectivity index (χ1n) is 23.0. The molecule has 0 nitrogen and oxygen atoms in total. The van der Waals surface area contributed by atoms with Crippen molar-refractivity contribution in [2.24, 2.45) is 17.8 Å². The van der Waals surface area contributed by atoms with Gasteiger partial charge in [-0.25, -0.2) is 22.0 Å². The Labute approximate surface area is 364 Å². The molecule has 0 spiro atoms. The summed E-state index contributed by atoms with van der Waals surface area (Å²) in [5.74, 6) is -1.91. The van der Waals surface area contributed by atoms with E-state index < -0.39 is 23.3 Å². The maximum atomic E-state index is 14.8. The molecule has 5 aromatic carbocycles. The highest BCUT2D eigenvalue weighted by molar-refractivity contribution is 5.71. The second-order valence-electron chi connectivity index (χ2n) is 15.9. The molecule has 61 heavy (non-hydrogen) atoms. The molecule has 2 aliphatic carbocycles. The lowest BCUT2D eigenvalue weighted by Crippen LogP contribution is -2.25. The van der Waals surface area contributed by atoms with E-state index in [0.29, 0.717) is 18.7 Å². The number of alkyl halides is 1. The van der Waals surface area contributed by atoms with Gasteiger partial charge < -0.3 is 0 Å². The zero-order chi connectivity index (χ0) is 44.9. The summed E-state index contributed by atoms with van der Waals surface area (Å²) in [6, 6.07) is 28.7. The molecule has 0 bridgehead atoms. The van der Waals surface area contributed by atoms with Gasteiger partial charge in [0.1, 0.15) is 11.6 Å². The zero-order valence-corrected chi connectivity index (χ0v) is 38.0. The van der Waals surface area contributed by atoms with Gasteiger partial charge in [-0.15, -0.1) is 0 Å². The van der Waals surface area contributed by atoms with E-state index in [9.17, 15) is 26.3 Å². The van der Waals surface area contributed by atoms with Gasteiger partial charge in [0.2, 0.25) is 0 Å². The molecular weight excluding hydrogens is 775 g/mol. The molecule has 5 aromatic rings. The summed E-state index contributed by atoms with van der Waals surface area (Å²) in [6.45, 7) is 14.6. The summed E-state index contributed by atoms with van der Waals surface area (Å²) in [7, 11) is 0.500. The van der Waals surface area contributed by atoms with Gasteiger partial charge in [0.25, 0.3) is 0 Å². The Kier molecular flexibility index (Phi) is 22.5. The third-order valence-corrected chi connectivity index (χ3v) is 12.3. The number of hydrogen-bond donors (Lipinski definition) is 0. The van der Waals surface area contributed by atoms with Gasteiger partial charge in [-0.2, -0.15) is 0 Å². The minimum atomic E-state index is -1.53. The van der Waals surface area contributed by atoms with Crippen LogP contribution in [0.5, 0.6) is 0 Å². The van der Waals surface area contributed by atoms with Crippen LogP contribution in [-0.2, 0) is 12.8 Å². The number of benzene rings is 5. The SMILES string of the molecule is CC.CC.CCCC1CCC(C2CCC(c3ccc(-c4cc(F)c(F)c(F)c4)c(F)c3)CC2)CC1.CCCc1ccc(-c2ccc(-c3ccc(CC)cc3)cc2F)cc1.CF. The Morgan fingerprint density at radius 3 is 1.41 bits per heavy atom. The first-order chi connectivity index (χ1) is 29.7. The van der Waals surface area contributed by atoms with Crippen LogP contribution in [0.3, 0.4) is 0 Å². The molecule has 0 aliphatic heterocycles. The lowest BCUT2D eigenvalue weighted by Gasteiger charge is -2.38. The Balaban J connectivity index is 0.000000297. The standard InChI is InChI=1S/C27H32F4.C23H23F.2C2H6.CH3F/c1-2-3-17-4-6-18(7-5-17)19-8-10-20(11-9-19)21-12-13-23(24(28)14-21)22-15-25(29)27(31)26(30)16-22;1-3-5-18-8-12-20(13-9-18)22-15-14-21(16-23(22)24)19-10-6-17(4-2)7-11-19;3*1-2/h12-20H,2-11H2,1H3;6-16H,3-5H2,1-2H3;2*1-2H3;1H3. The van der Waals surface area contributed by atoms with Gasteiger partial charge in [-0.1, -0.05) is 153 Å². The summed E-state index contributed by atoms with van der Waals surface area (Å²) in [5, 5.41) is 0. The number of aryl methyl sites for hydroxylation is 2. The molecule has 7 rings (SSSR count). The maximum absolute atomic E-state index is 14.8. The van der Waals surface area contributed by atoms with Gasteiger partial charge in [0, 0.05) is 11.1 Å². The van der Waals surface area contributed by atoms with Crippen molar-refractivity contribution < 1.29 is 26.3 Å². The largest absolute Gasteiger partial charge is 0.255 e. The molecule has 2 aliphatic rings. The van der Waals surface area contributed by atoms with Crippen LogP contribution in [0.2, 0.25) is 0 Å². The number of halogens is 6. The van der Waals surface area contributed by atoms with Gasteiger partial charge in [0.05, 0.1) is 7.18 Å². The zero-order valence-electron chi connectivity index (χ0n) is 38.0. The van der Waals surface area contributed by atoms with Crippen molar-refractivity contribution in [2.75, 3.05) is 7.18 Å². The van der Waals surface area contributed by atoms with Crippen molar-refractivity contribution in [3.63, 3.8) is 0 Å². The second-order valence-corrected chi connectivity index (χ2v) is 15.9. The quantitative estimate of drug-likeness (QED) is 0.0970. The summed E-state index contributed by atoms with van der Waals surface area (Å²) in [6.07, 6.45) is 15.9. The average molecular weight is 845 g/mol. The maximum Gasteiger partial charge on any atom is 0.194 e. The van der Waals surface area contributed by atoms with E-state index in [1.54, 1.807) is 12.1 Å². The fourth-order valence-corrected chi connectivity index (χ4v) is 9.01. The summed E-state index contributed by atoms with van der Waals surface area (Å²) < 4.78 is 79.2. The fourth-order valence-electron chi connectivity index (χ4n) is 9.01. The lowest BCUT2D eigenvalue weighted by molar-refractivity contribution is 0.156. The third-order valence-electron chi connectivity index (χ3n) is 12.3. The molecule has 2 fully saturated rings. The van der Waals surface area contributed by atoms with Crippen LogP contribution < -0.4 is 0 Å². The van der Waals surface area contributed by atoms with Crippen LogP contribution in [0.15, 0.2) is 97.1 Å². The third kappa shape index (κ3) is 14.4. The van der Waals surface area contributed by atoms with Crippen LogP contribution >= 0.6 is 0 Å². The minimum Gasteiger partial charge on any atom is -0.255 e. The van der Waals surface area contributed by atoms with E-state index in [4.69, 9.17) is 0 Å². The molecule has 0 saturated heterocycles. The Hall–Kier alpha value is -4.32. The van der Waals surface area contributed by atoms with Crippen molar-refractivity contribution in [3.8, 4) is 33.4 Å². The van der Waals surface area contributed by atoms with Crippen molar-refractivity contribution in [1.82, 2.24) is 0 Å². The molecule has 0 atom stereocenters. The molecular formula is C55H70F6. The van der Waals surface area contributed by atoms with E-state index in [-0.39, 0.29) is 16.9 Å². The fraction of sp³-hybridized carbons (Fsp3) is 0.455. The molecule has 0 radical (unpaired) electrons. The highest BCUT2D eigenvalue weighted by Gasteiger charge is 2.31. The second kappa shape index (κ2) is 26.9. The normalized spacial score (nSPS) is 18.1. The molecule has 0 aromatic heterocycles. The molecule has 0 amide bonds. The average Bonchev–Trinajstić information content (AvgIpc) is 3.31. The van der Waals surface area contributed by atoms with Gasteiger partial charge >= 0.3 is 0 Å². The molecule has 0 heterocycles. The summed E-state index contributed by atoms with van der Waals surface area (Å²) >= 11 is 0. The minimum absolute atomic E-state index is 0.0165. The van der Waals surface area contributed by atoms with Gasteiger partial charge in [0.15, 0.2) is 17.5 Å². The molecule has 6 heteroatoms. The first kappa shape index (κ1) is 51.0. The summed E-state index contributed by atoms with van der Waals surface area (Å²) in [4.78, 5) is 0. The van der Waals surface area contributed by atoms with Crippen molar-refractivity contribution in [2.45, 2.75) is 138 Å². The van der Waals surface area contributed by atoms with E-state index in [1.807, 2.05) is 58.0 Å². The highest BCUT2D eigenvalue weighted by atomic mass is 19.2. The van der Waals surface area contributed by atoms with Crippen molar-refractivity contribution in [3.05, 3.63) is 143 Å². The predicted molar refractivity (Wildman–Crippen MR) is 247 cm³/mol. The lowest BCUT2D eigenvalue weighted by atomic mass is 9.68. The van der Waals surface area contributed by atoms with E-state index in [0.717, 1.165) is 84.2 Å². The molecule has 332 valence electrons. The smallest absolute Gasteiger partial charge is 0.194 e. The first-order valence-corrected chi connectivity index (χ1v) is 23.0. The van der Waals surface area contributed by atoms with Crippen LogP contribution in [0.25, 0.3) is 33.4 Å². The monoisotopic (exact) mass is 845 g/mol. The van der Waals surface area contributed by atoms with E-state index >= 15 is 0 Å². The van der Waals surface area contributed by atoms with Crippen LogP contribution in [-0.4, -0.2) is 7.18 Å². The van der Waals surface area contributed by atoms with Gasteiger partial charge in [-0.3, -0.25) is 4.39 Å². The molecule has 0 unspecified atom stereocenters. The Morgan fingerprint density at radius 2 is 0.902 bits per heavy atom. The van der Waals surface area contributed by atoms with Crippen LogP contribution in [0.1, 0.15) is 142 Å². The number of hydrogen-bond acceptors (Lipinski definition) is 0. The van der Waals surface area contributed by atoms with E-state index in [2.05, 4.69) is 57.2 Å². The topological polar surface area (TPSA) is 0 Å². The highest BCUT2D eigenvalue weighted by Crippen LogP contribution is 2.45. The van der Waals surface area contributed by atoms with E-state index in [1.165, 1.54) is 68.6 Å². The predicted octanol–water partition coefficient (Wildman–Crippen LogP) is 18.1. The Morgan fingerprint density at radius 1 is 0.443 bits per heavy atom. The summed E-state index contributed by atoms with van der Waals surface area (Å²) in [5.41, 5.74) is 7.22. The van der Waals surface area contributed by atoms with Crippen molar-refractivity contribution >= 4 is 0 Å². The van der Waals surface area contributed by atoms with Crippen LogP contribution in [0, 0.1) is 46.8 Å². The Bertz CT molecular complexity index is 1960. The molecule has 2 saturated carbocycles. The van der Waals surface area contributed by atoms with Crippen LogP contribution in [0.4, 0.5) is 26.3 Å². The number of rotatable bonds is 10. The molecule has 0 N–H and O–H groups in total. The van der Waals surface area contributed by atoms with Crippen molar-refractivity contribution in [1.29, 1.82) is 0 Å². The van der Waals surface area contributed by atoms with Gasteiger partial charge in [-0.05, 0) is 138 Å².